The van der Waals surface area contributed by atoms with Crippen molar-refractivity contribution < 1.29 is 9.47 Å². The van der Waals surface area contributed by atoms with E-state index in [1.165, 1.54) is 0 Å². The van der Waals surface area contributed by atoms with Gasteiger partial charge in [0.1, 0.15) is 6.61 Å². The van der Waals surface area contributed by atoms with Crippen LogP contribution < -0.4 is 14.8 Å². The SMILES string of the molecule is COc1cc(CNCc2ccccn2)cc(Cl)c1OCc1cccc(Cl)c1. The van der Waals surface area contributed by atoms with E-state index in [4.69, 9.17) is 32.7 Å². The first-order chi connectivity index (χ1) is 13.2. The van der Waals surface area contributed by atoms with Crippen LogP contribution in [0, 0.1) is 0 Å². The van der Waals surface area contributed by atoms with Gasteiger partial charge in [0.05, 0.1) is 17.8 Å². The van der Waals surface area contributed by atoms with Crippen LogP contribution in [0.15, 0.2) is 60.8 Å². The van der Waals surface area contributed by atoms with E-state index in [0.717, 1.165) is 16.8 Å². The second-order valence-corrected chi connectivity index (χ2v) is 6.80. The molecule has 2 aromatic carbocycles. The van der Waals surface area contributed by atoms with Gasteiger partial charge in [-0.15, -0.1) is 0 Å². The predicted octanol–water partition coefficient (Wildman–Crippen LogP) is 5.27. The van der Waals surface area contributed by atoms with Gasteiger partial charge in [-0.1, -0.05) is 41.4 Å². The monoisotopic (exact) mass is 402 g/mol. The first-order valence-corrected chi connectivity index (χ1v) is 9.25. The fourth-order valence-electron chi connectivity index (χ4n) is 2.64. The summed E-state index contributed by atoms with van der Waals surface area (Å²) in [4.78, 5) is 4.29. The van der Waals surface area contributed by atoms with Crippen LogP contribution in [0.25, 0.3) is 0 Å². The summed E-state index contributed by atoms with van der Waals surface area (Å²) < 4.78 is 11.4. The molecular weight excluding hydrogens is 383 g/mol. The molecule has 0 unspecified atom stereocenters. The first-order valence-electron chi connectivity index (χ1n) is 8.50. The van der Waals surface area contributed by atoms with Crippen LogP contribution in [-0.4, -0.2) is 12.1 Å². The van der Waals surface area contributed by atoms with E-state index in [0.29, 0.717) is 41.2 Å². The smallest absolute Gasteiger partial charge is 0.180 e. The van der Waals surface area contributed by atoms with Crippen LogP contribution in [-0.2, 0) is 19.7 Å². The molecule has 0 spiro atoms. The molecule has 140 valence electrons. The Morgan fingerprint density at radius 1 is 0.963 bits per heavy atom. The summed E-state index contributed by atoms with van der Waals surface area (Å²) in [5.41, 5.74) is 2.95. The lowest BCUT2D eigenvalue weighted by Crippen LogP contribution is -2.13. The molecule has 0 radical (unpaired) electrons. The number of rotatable bonds is 8. The van der Waals surface area contributed by atoms with E-state index in [2.05, 4.69) is 10.3 Å². The van der Waals surface area contributed by atoms with Gasteiger partial charge in [0.2, 0.25) is 0 Å². The highest BCUT2D eigenvalue weighted by Gasteiger charge is 2.12. The number of ether oxygens (including phenoxy) is 2. The maximum absolute atomic E-state index is 6.44. The second-order valence-electron chi connectivity index (χ2n) is 5.95. The van der Waals surface area contributed by atoms with E-state index < -0.39 is 0 Å². The average Bonchev–Trinajstić information content (AvgIpc) is 2.67. The lowest BCUT2D eigenvalue weighted by Gasteiger charge is -2.15. The molecule has 1 heterocycles. The molecule has 0 saturated carbocycles. The lowest BCUT2D eigenvalue weighted by molar-refractivity contribution is 0.284. The van der Waals surface area contributed by atoms with Crippen molar-refractivity contribution in [1.29, 1.82) is 0 Å². The first kappa shape index (κ1) is 19.5. The molecule has 0 atom stereocenters. The highest BCUT2D eigenvalue weighted by molar-refractivity contribution is 6.32. The number of nitrogens with one attached hydrogen (secondary N) is 1. The predicted molar refractivity (Wildman–Crippen MR) is 109 cm³/mol. The number of pyridine rings is 1. The molecule has 0 fully saturated rings. The largest absolute Gasteiger partial charge is 0.493 e. The zero-order chi connectivity index (χ0) is 19.1. The Hall–Kier alpha value is -2.27. The number of hydrogen-bond donors (Lipinski definition) is 1. The third-order valence-electron chi connectivity index (χ3n) is 3.92. The van der Waals surface area contributed by atoms with Gasteiger partial charge in [-0.05, 0) is 47.5 Å². The second kappa shape index (κ2) is 9.60. The molecule has 0 bridgehead atoms. The molecule has 3 rings (SSSR count). The maximum atomic E-state index is 6.44. The van der Waals surface area contributed by atoms with Gasteiger partial charge < -0.3 is 14.8 Å². The highest BCUT2D eigenvalue weighted by Crippen LogP contribution is 2.37. The normalized spacial score (nSPS) is 10.6. The minimum absolute atomic E-state index is 0.355. The summed E-state index contributed by atoms with van der Waals surface area (Å²) in [6, 6.07) is 17.2. The third kappa shape index (κ3) is 5.60. The molecule has 1 N–H and O–H groups in total. The summed E-state index contributed by atoms with van der Waals surface area (Å²) in [6.45, 7) is 1.67. The number of nitrogens with zero attached hydrogens (tertiary/aromatic N) is 1. The summed E-state index contributed by atoms with van der Waals surface area (Å²) in [5, 5.41) is 4.52. The van der Waals surface area contributed by atoms with Gasteiger partial charge in [0.25, 0.3) is 0 Å². The van der Waals surface area contributed by atoms with Crippen molar-refractivity contribution >= 4 is 23.2 Å². The van der Waals surface area contributed by atoms with Crippen molar-refractivity contribution in [2.24, 2.45) is 0 Å². The van der Waals surface area contributed by atoms with E-state index in [9.17, 15) is 0 Å². The van der Waals surface area contributed by atoms with Crippen LogP contribution in [0.2, 0.25) is 10.0 Å². The van der Waals surface area contributed by atoms with Gasteiger partial charge in [0.15, 0.2) is 11.5 Å². The van der Waals surface area contributed by atoms with Gasteiger partial charge >= 0.3 is 0 Å². The Labute approximate surface area is 169 Å². The lowest BCUT2D eigenvalue weighted by atomic mass is 10.2. The molecule has 0 aliphatic carbocycles. The van der Waals surface area contributed by atoms with Crippen molar-refractivity contribution in [2.45, 2.75) is 19.7 Å². The molecule has 0 aliphatic rings. The number of methoxy groups -OCH3 is 1. The summed E-state index contributed by atoms with van der Waals surface area (Å²) in [5.74, 6) is 1.12. The van der Waals surface area contributed by atoms with Crippen molar-refractivity contribution in [3.63, 3.8) is 0 Å². The third-order valence-corrected chi connectivity index (χ3v) is 4.44. The Bertz CT molecular complexity index is 889. The fraction of sp³-hybridized carbons (Fsp3) is 0.190. The van der Waals surface area contributed by atoms with E-state index in [1.807, 2.05) is 54.6 Å². The van der Waals surface area contributed by atoms with Crippen LogP contribution in [0.4, 0.5) is 0 Å². The Balaban J connectivity index is 1.65. The maximum Gasteiger partial charge on any atom is 0.180 e. The minimum atomic E-state index is 0.355. The fourth-order valence-corrected chi connectivity index (χ4v) is 3.14. The van der Waals surface area contributed by atoms with Crippen molar-refractivity contribution in [2.75, 3.05) is 7.11 Å². The van der Waals surface area contributed by atoms with Gasteiger partial charge in [-0.25, -0.2) is 0 Å². The summed E-state index contributed by atoms with van der Waals surface area (Å²) in [7, 11) is 1.60. The molecule has 1 aromatic heterocycles. The van der Waals surface area contributed by atoms with E-state index in [1.54, 1.807) is 13.3 Å². The van der Waals surface area contributed by atoms with Gasteiger partial charge in [-0.2, -0.15) is 0 Å². The molecule has 6 heteroatoms. The summed E-state index contributed by atoms with van der Waals surface area (Å²) in [6.07, 6.45) is 1.78. The average molecular weight is 403 g/mol. The van der Waals surface area contributed by atoms with Crippen molar-refractivity contribution in [3.05, 3.63) is 87.7 Å². The molecule has 3 aromatic rings. The Kier molecular flexibility index (Phi) is 6.93. The molecule has 27 heavy (non-hydrogen) atoms. The number of halogens is 2. The number of aromatic nitrogens is 1. The van der Waals surface area contributed by atoms with Gasteiger partial charge in [-0.3, -0.25) is 4.98 Å². The van der Waals surface area contributed by atoms with Crippen molar-refractivity contribution in [1.82, 2.24) is 10.3 Å². The number of hydrogen-bond acceptors (Lipinski definition) is 4. The Morgan fingerprint density at radius 2 is 1.85 bits per heavy atom. The Morgan fingerprint density at radius 3 is 2.59 bits per heavy atom. The van der Waals surface area contributed by atoms with Crippen LogP contribution >= 0.6 is 23.2 Å². The van der Waals surface area contributed by atoms with E-state index >= 15 is 0 Å². The minimum Gasteiger partial charge on any atom is -0.493 e. The molecule has 0 saturated heterocycles. The molecule has 0 aliphatic heterocycles. The van der Waals surface area contributed by atoms with Crippen LogP contribution in [0.3, 0.4) is 0 Å². The quantitative estimate of drug-likeness (QED) is 0.557. The molecular formula is C21H20Cl2N2O2. The molecule has 4 nitrogen and oxygen atoms in total. The zero-order valence-electron chi connectivity index (χ0n) is 14.9. The van der Waals surface area contributed by atoms with Gasteiger partial charge in [0, 0.05) is 24.3 Å². The van der Waals surface area contributed by atoms with Crippen LogP contribution in [0.1, 0.15) is 16.8 Å². The number of benzene rings is 2. The summed E-state index contributed by atoms with van der Waals surface area (Å²) >= 11 is 12.4. The zero-order valence-corrected chi connectivity index (χ0v) is 16.4. The van der Waals surface area contributed by atoms with E-state index in [-0.39, 0.29) is 0 Å². The molecule has 0 amide bonds. The van der Waals surface area contributed by atoms with Crippen molar-refractivity contribution in [3.8, 4) is 11.5 Å². The standard InChI is InChI=1S/C21H20Cl2N2O2/c1-26-20-11-16(12-24-13-18-7-2-3-8-25-18)10-19(23)21(20)27-14-15-5-4-6-17(22)9-15/h2-11,24H,12-14H2,1H3. The van der Waals surface area contributed by atoms with Crippen LogP contribution in [0.5, 0.6) is 11.5 Å². The highest BCUT2D eigenvalue weighted by atomic mass is 35.5. The topological polar surface area (TPSA) is 43.4 Å².